The van der Waals surface area contributed by atoms with Crippen LogP contribution in [-0.2, 0) is 20.9 Å². The number of hydrogen-bond acceptors (Lipinski definition) is 6. The van der Waals surface area contributed by atoms with E-state index in [1.807, 2.05) is 12.1 Å². The van der Waals surface area contributed by atoms with Gasteiger partial charge < -0.3 is 29.9 Å². The number of rotatable bonds is 11. The van der Waals surface area contributed by atoms with E-state index in [4.69, 9.17) is 14.6 Å². The number of carbonyl (C=O) groups excluding carboxylic acids is 2. The van der Waals surface area contributed by atoms with Crippen LogP contribution in [0.4, 0.5) is 4.39 Å². The first-order chi connectivity index (χ1) is 17.3. The number of benzene rings is 2. The van der Waals surface area contributed by atoms with Crippen LogP contribution < -0.4 is 10.1 Å². The molecule has 2 amide bonds. The number of para-hydroxylation sites is 1. The van der Waals surface area contributed by atoms with Crippen LogP contribution in [0.15, 0.2) is 60.2 Å². The summed E-state index contributed by atoms with van der Waals surface area (Å²) >= 11 is 2.11. The monoisotopic (exact) mass is 612 g/mol. The second kappa shape index (κ2) is 13.7. The molecule has 0 saturated heterocycles. The van der Waals surface area contributed by atoms with Crippen molar-refractivity contribution < 1.29 is 33.7 Å². The molecule has 0 heterocycles. The maximum absolute atomic E-state index is 14.5. The number of methoxy groups -OCH3 is 1. The van der Waals surface area contributed by atoms with Gasteiger partial charge in [-0.2, -0.15) is 0 Å². The number of nitrogens with zero attached hydrogens (tertiary/aromatic N) is 1. The van der Waals surface area contributed by atoms with Crippen molar-refractivity contribution in [1.29, 1.82) is 0 Å². The predicted molar refractivity (Wildman–Crippen MR) is 140 cm³/mol. The molecule has 0 spiro atoms. The third kappa shape index (κ3) is 7.25. The Hall–Kier alpha value is -2.54. The average molecular weight is 612 g/mol. The molecule has 3 atom stereocenters. The highest BCUT2D eigenvalue weighted by Gasteiger charge is 2.40. The third-order valence-corrected chi connectivity index (χ3v) is 6.74. The number of carbonyl (C=O) groups is 2. The number of aliphatic hydroxyl groups is 2. The van der Waals surface area contributed by atoms with E-state index in [-0.39, 0.29) is 50.6 Å². The van der Waals surface area contributed by atoms with E-state index in [1.54, 1.807) is 30.3 Å². The molecule has 0 fully saturated rings. The Balaban J connectivity index is 1.98. The quantitative estimate of drug-likeness (QED) is 0.337. The zero-order chi connectivity index (χ0) is 26.1. The molecule has 2 aromatic carbocycles. The second-order valence-corrected chi connectivity index (χ2v) is 9.46. The van der Waals surface area contributed by atoms with Gasteiger partial charge >= 0.3 is 0 Å². The molecule has 2 aromatic rings. The van der Waals surface area contributed by atoms with E-state index < -0.39 is 30.0 Å². The van der Waals surface area contributed by atoms with Gasteiger partial charge in [-0.3, -0.25) is 9.59 Å². The Morgan fingerprint density at radius 1 is 1.19 bits per heavy atom. The highest BCUT2D eigenvalue weighted by atomic mass is 127. The van der Waals surface area contributed by atoms with E-state index in [2.05, 4.69) is 27.9 Å². The summed E-state index contributed by atoms with van der Waals surface area (Å²) in [6.45, 7) is -0.130. The molecular weight excluding hydrogens is 582 g/mol. The number of amides is 2. The van der Waals surface area contributed by atoms with E-state index in [0.29, 0.717) is 11.3 Å². The summed E-state index contributed by atoms with van der Waals surface area (Å²) < 4.78 is 26.5. The molecule has 3 N–H and O–H groups in total. The molecule has 194 valence electrons. The Bertz CT molecular complexity index is 1080. The lowest BCUT2D eigenvalue weighted by atomic mass is 9.87. The van der Waals surface area contributed by atoms with Crippen LogP contribution in [-0.4, -0.2) is 72.0 Å². The molecule has 3 rings (SSSR count). The van der Waals surface area contributed by atoms with Gasteiger partial charge in [0.05, 0.1) is 29.2 Å². The zero-order valence-corrected chi connectivity index (χ0v) is 22.1. The Morgan fingerprint density at radius 2 is 1.92 bits per heavy atom. The van der Waals surface area contributed by atoms with Gasteiger partial charge in [0.25, 0.3) is 0 Å². The molecule has 1 aliphatic rings. The standard InChI is InChI=1S/C26H30FIN2O6/c1-35-13-10-24(32)30(16-17-6-2-3-7-19(17)27)21-14-18(26(34)29-11-12-31)15-23(25(21)33)36-22-9-5-4-8-20(22)28/h2-9,15,21,23,25,31,33H,10-14,16H2,1H3,(H,29,34)/t21-,23+,25+/m1/s1. The molecule has 0 bridgehead atoms. The number of aliphatic hydroxyl groups excluding tert-OH is 2. The summed E-state index contributed by atoms with van der Waals surface area (Å²) in [4.78, 5) is 27.5. The van der Waals surface area contributed by atoms with Gasteiger partial charge in [0.15, 0.2) is 0 Å². The summed E-state index contributed by atoms with van der Waals surface area (Å²) in [5.74, 6) is -0.752. The highest BCUT2D eigenvalue weighted by Crippen LogP contribution is 2.31. The smallest absolute Gasteiger partial charge is 0.247 e. The number of ether oxygens (including phenoxy) is 2. The van der Waals surface area contributed by atoms with E-state index in [9.17, 15) is 19.1 Å². The zero-order valence-electron chi connectivity index (χ0n) is 19.9. The summed E-state index contributed by atoms with van der Waals surface area (Å²) in [6, 6.07) is 12.5. The van der Waals surface area contributed by atoms with Crippen molar-refractivity contribution in [1.82, 2.24) is 10.2 Å². The van der Waals surface area contributed by atoms with Crippen LogP contribution in [0.3, 0.4) is 0 Å². The first kappa shape index (κ1) is 28.0. The fraction of sp³-hybridized carbons (Fsp3) is 0.385. The maximum atomic E-state index is 14.5. The Labute approximate surface area is 223 Å². The van der Waals surface area contributed by atoms with Crippen LogP contribution in [0.1, 0.15) is 18.4 Å². The fourth-order valence-corrected chi connectivity index (χ4v) is 4.51. The lowest BCUT2D eigenvalue weighted by molar-refractivity contribution is -0.140. The molecule has 0 radical (unpaired) electrons. The Morgan fingerprint density at radius 3 is 2.61 bits per heavy atom. The van der Waals surface area contributed by atoms with Crippen molar-refractivity contribution in [3.8, 4) is 5.75 Å². The number of halogens is 2. The van der Waals surface area contributed by atoms with Gasteiger partial charge in [0.1, 0.15) is 23.8 Å². The van der Waals surface area contributed by atoms with Crippen molar-refractivity contribution >= 4 is 34.4 Å². The SMILES string of the molecule is COCCC(=O)N(Cc1ccccc1F)[C@@H]1CC(C(=O)NCCO)=C[C@H](Oc2ccccc2I)[C@H]1O. The second-order valence-electron chi connectivity index (χ2n) is 8.30. The largest absolute Gasteiger partial charge is 0.482 e. The molecule has 10 heteroatoms. The van der Waals surface area contributed by atoms with Crippen molar-refractivity contribution in [3.63, 3.8) is 0 Å². The van der Waals surface area contributed by atoms with Crippen molar-refractivity contribution in [3.05, 3.63) is 75.1 Å². The van der Waals surface area contributed by atoms with Crippen LogP contribution in [0.25, 0.3) is 0 Å². The van der Waals surface area contributed by atoms with Gasteiger partial charge in [-0.05, 0) is 46.9 Å². The van der Waals surface area contributed by atoms with Crippen LogP contribution in [0.5, 0.6) is 5.75 Å². The van der Waals surface area contributed by atoms with Crippen LogP contribution >= 0.6 is 22.6 Å². The van der Waals surface area contributed by atoms with Gasteiger partial charge in [-0.1, -0.05) is 30.3 Å². The highest BCUT2D eigenvalue weighted by molar-refractivity contribution is 14.1. The van der Waals surface area contributed by atoms with Gasteiger partial charge in [0.2, 0.25) is 11.8 Å². The average Bonchev–Trinajstić information content (AvgIpc) is 2.88. The van der Waals surface area contributed by atoms with E-state index in [1.165, 1.54) is 24.2 Å². The predicted octanol–water partition coefficient (Wildman–Crippen LogP) is 2.41. The normalized spacial score (nSPS) is 19.4. The minimum atomic E-state index is -1.20. The van der Waals surface area contributed by atoms with Crippen molar-refractivity contribution in [2.75, 3.05) is 26.9 Å². The molecule has 36 heavy (non-hydrogen) atoms. The molecule has 0 aromatic heterocycles. The van der Waals surface area contributed by atoms with Gasteiger partial charge in [-0.25, -0.2) is 4.39 Å². The number of hydrogen-bond donors (Lipinski definition) is 3. The minimum Gasteiger partial charge on any atom is -0.482 e. The molecule has 1 aliphatic carbocycles. The topological polar surface area (TPSA) is 108 Å². The molecular formula is C26H30FIN2O6. The van der Waals surface area contributed by atoms with Crippen molar-refractivity contribution in [2.24, 2.45) is 0 Å². The summed E-state index contributed by atoms with van der Waals surface area (Å²) in [7, 11) is 1.47. The first-order valence-corrected chi connectivity index (χ1v) is 12.6. The molecule has 0 unspecified atom stereocenters. The third-order valence-electron chi connectivity index (χ3n) is 5.85. The minimum absolute atomic E-state index is 0.0199. The van der Waals surface area contributed by atoms with Gasteiger partial charge in [-0.15, -0.1) is 0 Å². The van der Waals surface area contributed by atoms with Crippen LogP contribution in [0, 0.1) is 9.39 Å². The molecule has 0 saturated carbocycles. The lowest BCUT2D eigenvalue weighted by Gasteiger charge is -2.40. The first-order valence-electron chi connectivity index (χ1n) is 11.6. The van der Waals surface area contributed by atoms with E-state index in [0.717, 1.165) is 3.57 Å². The Kier molecular flexibility index (Phi) is 10.7. The molecule has 8 nitrogen and oxygen atoms in total. The van der Waals surface area contributed by atoms with Gasteiger partial charge in [0, 0.05) is 37.8 Å². The summed E-state index contributed by atoms with van der Waals surface area (Å²) in [5.41, 5.74) is 0.583. The van der Waals surface area contributed by atoms with Crippen LogP contribution in [0.2, 0.25) is 0 Å². The lowest BCUT2D eigenvalue weighted by Crippen LogP contribution is -2.55. The summed E-state index contributed by atoms with van der Waals surface area (Å²) in [5, 5.41) is 23.1. The summed E-state index contributed by atoms with van der Waals surface area (Å²) in [6.07, 6.45) is -0.567. The fourth-order valence-electron chi connectivity index (χ4n) is 4.00. The van der Waals surface area contributed by atoms with E-state index >= 15 is 0 Å². The van der Waals surface area contributed by atoms with Crippen molar-refractivity contribution in [2.45, 2.75) is 37.6 Å². The number of nitrogens with one attached hydrogen (secondary N) is 1. The molecule has 0 aliphatic heterocycles. The maximum Gasteiger partial charge on any atom is 0.247 e.